The minimum atomic E-state index is -1.20. The lowest BCUT2D eigenvalue weighted by atomic mass is 9.85. The predicted molar refractivity (Wildman–Crippen MR) is 75.7 cm³/mol. The molecule has 2 aromatic carbocycles. The van der Waals surface area contributed by atoms with Crippen LogP contribution >= 0.6 is 11.6 Å². The second-order valence-corrected chi connectivity index (χ2v) is 5.10. The molecule has 100 valence electrons. The van der Waals surface area contributed by atoms with Crippen LogP contribution in [0, 0.1) is 5.82 Å². The molecule has 0 saturated heterocycles. The van der Waals surface area contributed by atoms with Gasteiger partial charge in [-0.2, -0.15) is 0 Å². The van der Waals surface area contributed by atoms with Gasteiger partial charge in [-0.25, -0.2) is 4.39 Å². The van der Waals surface area contributed by atoms with Gasteiger partial charge in [-0.1, -0.05) is 48.9 Å². The van der Waals surface area contributed by atoms with Crippen molar-refractivity contribution in [2.75, 3.05) is 0 Å². The molecule has 0 aliphatic carbocycles. The lowest BCUT2D eigenvalue weighted by Crippen LogP contribution is -2.28. The van der Waals surface area contributed by atoms with E-state index in [0.29, 0.717) is 23.4 Å². The number of halogens is 2. The number of rotatable bonds is 4. The summed E-state index contributed by atoms with van der Waals surface area (Å²) >= 11 is 5.84. The molecule has 0 aromatic heterocycles. The number of benzene rings is 2. The maximum atomic E-state index is 13.9. The molecule has 0 amide bonds. The van der Waals surface area contributed by atoms with Crippen LogP contribution < -0.4 is 0 Å². The summed E-state index contributed by atoms with van der Waals surface area (Å²) in [6.07, 6.45) is 0.804. The van der Waals surface area contributed by atoms with Crippen LogP contribution in [0.2, 0.25) is 5.02 Å². The smallest absolute Gasteiger partial charge is 0.129 e. The molecule has 0 saturated carbocycles. The molecule has 19 heavy (non-hydrogen) atoms. The quantitative estimate of drug-likeness (QED) is 0.883. The summed E-state index contributed by atoms with van der Waals surface area (Å²) in [5.41, 5.74) is 0.0727. The Morgan fingerprint density at radius 2 is 1.74 bits per heavy atom. The van der Waals surface area contributed by atoms with Crippen molar-refractivity contribution in [2.24, 2.45) is 0 Å². The van der Waals surface area contributed by atoms with Crippen molar-refractivity contribution < 1.29 is 9.50 Å². The first-order valence-corrected chi connectivity index (χ1v) is 6.65. The monoisotopic (exact) mass is 278 g/mol. The van der Waals surface area contributed by atoms with Gasteiger partial charge in [-0.15, -0.1) is 0 Å². The third-order valence-electron chi connectivity index (χ3n) is 3.37. The van der Waals surface area contributed by atoms with E-state index in [1.54, 1.807) is 30.3 Å². The van der Waals surface area contributed by atoms with E-state index in [-0.39, 0.29) is 5.82 Å². The van der Waals surface area contributed by atoms with Crippen LogP contribution in [0.25, 0.3) is 0 Å². The summed E-state index contributed by atoms with van der Waals surface area (Å²) in [6.45, 7) is 1.85. The van der Waals surface area contributed by atoms with Gasteiger partial charge in [0, 0.05) is 17.0 Å². The maximum Gasteiger partial charge on any atom is 0.129 e. The van der Waals surface area contributed by atoms with E-state index in [1.807, 2.05) is 19.1 Å². The molecule has 0 heterocycles. The molecule has 2 aromatic rings. The lowest BCUT2D eigenvalue weighted by molar-refractivity contribution is 0.0292. The van der Waals surface area contributed by atoms with Gasteiger partial charge in [-0.05, 0) is 30.2 Å². The fourth-order valence-corrected chi connectivity index (χ4v) is 2.32. The van der Waals surface area contributed by atoms with E-state index in [2.05, 4.69) is 0 Å². The van der Waals surface area contributed by atoms with Crippen molar-refractivity contribution in [1.29, 1.82) is 0 Å². The van der Waals surface area contributed by atoms with Crippen LogP contribution in [0.4, 0.5) is 4.39 Å². The van der Waals surface area contributed by atoms with E-state index < -0.39 is 5.60 Å². The van der Waals surface area contributed by atoms with Gasteiger partial charge in [0.1, 0.15) is 5.82 Å². The average Bonchev–Trinajstić information content (AvgIpc) is 2.42. The Morgan fingerprint density at radius 1 is 1.11 bits per heavy atom. The zero-order valence-corrected chi connectivity index (χ0v) is 11.5. The molecule has 0 radical (unpaired) electrons. The molecule has 0 spiro atoms. The third-order valence-corrected chi connectivity index (χ3v) is 3.62. The Bertz CT molecular complexity index is 553. The molecule has 1 N–H and O–H groups in total. The predicted octanol–water partition coefficient (Wildman–Crippen LogP) is 4.32. The van der Waals surface area contributed by atoms with Gasteiger partial charge < -0.3 is 5.11 Å². The number of hydrogen-bond acceptors (Lipinski definition) is 1. The van der Waals surface area contributed by atoms with E-state index in [1.165, 1.54) is 6.07 Å². The Morgan fingerprint density at radius 3 is 2.32 bits per heavy atom. The molecular formula is C16H16ClFO. The molecule has 1 atom stereocenters. The second kappa shape index (κ2) is 5.72. The molecule has 0 bridgehead atoms. The van der Waals surface area contributed by atoms with Crippen LogP contribution in [0.1, 0.15) is 24.5 Å². The van der Waals surface area contributed by atoms with Crippen molar-refractivity contribution >= 4 is 11.6 Å². The van der Waals surface area contributed by atoms with E-state index in [0.717, 1.165) is 5.56 Å². The number of aliphatic hydroxyl groups is 1. The molecule has 0 aliphatic rings. The Labute approximate surface area is 117 Å². The van der Waals surface area contributed by atoms with Crippen molar-refractivity contribution in [3.8, 4) is 0 Å². The molecule has 0 unspecified atom stereocenters. The van der Waals surface area contributed by atoms with Gasteiger partial charge >= 0.3 is 0 Å². The summed E-state index contributed by atoms with van der Waals surface area (Å²) < 4.78 is 13.9. The molecule has 1 nitrogen and oxygen atoms in total. The summed E-state index contributed by atoms with van der Waals surface area (Å²) in [5.74, 6) is -0.374. The van der Waals surface area contributed by atoms with Gasteiger partial charge in [0.25, 0.3) is 0 Å². The van der Waals surface area contributed by atoms with Gasteiger partial charge in [0.2, 0.25) is 0 Å². The summed E-state index contributed by atoms with van der Waals surface area (Å²) in [4.78, 5) is 0. The van der Waals surface area contributed by atoms with E-state index >= 15 is 0 Å². The fourth-order valence-electron chi connectivity index (χ4n) is 2.19. The van der Waals surface area contributed by atoms with Crippen LogP contribution in [-0.4, -0.2) is 5.11 Å². The zero-order chi connectivity index (χ0) is 13.9. The van der Waals surface area contributed by atoms with Crippen LogP contribution in [-0.2, 0) is 12.0 Å². The Kier molecular flexibility index (Phi) is 4.23. The van der Waals surface area contributed by atoms with Gasteiger partial charge in [0.15, 0.2) is 0 Å². The van der Waals surface area contributed by atoms with Crippen LogP contribution in [0.5, 0.6) is 0 Å². The summed E-state index contributed by atoms with van der Waals surface area (Å²) in [6, 6.07) is 13.6. The highest BCUT2D eigenvalue weighted by Crippen LogP contribution is 2.31. The third kappa shape index (κ3) is 3.14. The zero-order valence-electron chi connectivity index (χ0n) is 10.7. The first-order chi connectivity index (χ1) is 9.05. The molecular weight excluding hydrogens is 263 g/mol. The van der Waals surface area contributed by atoms with E-state index in [9.17, 15) is 9.50 Å². The Hall–Kier alpha value is -1.38. The maximum absolute atomic E-state index is 13.9. The van der Waals surface area contributed by atoms with Gasteiger partial charge in [0.05, 0.1) is 5.60 Å². The lowest BCUT2D eigenvalue weighted by Gasteiger charge is -2.28. The SMILES string of the molecule is CC[C@](O)(Cc1ccc(Cl)cc1)c1ccccc1F. The highest BCUT2D eigenvalue weighted by atomic mass is 35.5. The summed E-state index contributed by atoms with van der Waals surface area (Å²) in [7, 11) is 0. The first kappa shape index (κ1) is 14.0. The standard InChI is InChI=1S/C16H16ClFO/c1-2-16(19,14-5-3-4-6-15(14)18)11-12-7-9-13(17)10-8-12/h3-10,19H,2,11H2,1H3/t16-/m0/s1. The van der Waals surface area contributed by atoms with Crippen molar-refractivity contribution in [1.82, 2.24) is 0 Å². The first-order valence-electron chi connectivity index (χ1n) is 6.27. The van der Waals surface area contributed by atoms with Crippen molar-refractivity contribution in [2.45, 2.75) is 25.4 Å². The Balaban J connectivity index is 2.33. The van der Waals surface area contributed by atoms with Crippen molar-refractivity contribution in [3.05, 3.63) is 70.5 Å². The molecule has 2 rings (SSSR count). The van der Waals surface area contributed by atoms with E-state index in [4.69, 9.17) is 11.6 Å². The van der Waals surface area contributed by atoms with Crippen molar-refractivity contribution in [3.63, 3.8) is 0 Å². The highest BCUT2D eigenvalue weighted by Gasteiger charge is 2.30. The largest absolute Gasteiger partial charge is 0.385 e. The minimum Gasteiger partial charge on any atom is -0.385 e. The van der Waals surface area contributed by atoms with Gasteiger partial charge in [-0.3, -0.25) is 0 Å². The summed E-state index contributed by atoms with van der Waals surface area (Å²) in [5, 5.41) is 11.4. The molecule has 0 aliphatic heterocycles. The normalized spacial score (nSPS) is 14.1. The molecule has 3 heteroatoms. The minimum absolute atomic E-state index is 0.340. The topological polar surface area (TPSA) is 20.2 Å². The fraction of sp³-hybridized carbons (Fsp3) is 0.250. The number of hydrogen-bond donors (Lipinski definition) is 1. The highest BCUT2D eigenvalue weighted by molar-refractivity contribution is 6.30. The average molecular weight is 279 g/mol. The second-order valence-electron chi connectivity index (χ2n) is 4.67. The molecule has 0 fully saturated rings. The van der Waals surface area contributed by atoms with Crippen LogP contribution in [0.3, 0.4) is 0 Å². The van der Waals surface area contributed by atoms with Crippen LogP contribution in [0.15, 0.2) is 48.5 Å².